The van der Waals surface area contributed by atoms with Gasteiger partial charge in [-0.25, -0.2) is 0 Å². The van der Waals surface area contributed by atoms with Gasteiger partial charge in [0.2, 0.25) is 0 Å². The van der Waals surface area contributed by atoms with Crippen LogP contribution in [-0.4, -0.2) is 13.8 Å². The fraction of sp³-hybridized carbons (Fsp3) is 0.200. The number of hydrogen-bond acceptors (Lipinski definition) is 1. The van der Waals surface area contributed by atoms with E-state index in [2.05, 4.69) is 51.1 Å². The molecular weight excluding hydrogens is 335 g/mol. The van der Waals surface area contributed by atoms with Crippen LogP contribution >= 0.6 is 0 Å². The molecule has 1 atom stereocenters. The Morgan fingerprint density at radius 2 is 1.41 bits per heavy atom. The zero-order valence-electron chi connectivity index (χ0n) is 13.2. The predicted molar refractivity (Wildman–Crippen MR) is 94.8 cm³/mol. The number of benzene rings is 3. The average molecular weight is 355 g/mol. The second-order valence-electron chi connectivity index (χ2n) is 6.52. The van der Waals surface area contributed by atoms with Gasteiger partial charge >= 0.3 is 136 Å². The van der Waals surface area contributed by atoms with E-state index in [9.17, 15) is 3.83 Å². The summed E-state index contributed by atoms with van der Waals surface area (Å²) in [6, 6.07) is 22.5. The van der Waals surface area contributed by atoms with E-state index in [0.29, 0.717) is 0 Å². The molecule has 0 aliphatic carbocycles. The molecule has 0 aliphatic rings. The van der Waals surface area contributed by atoms with Crippen LogP contribution in [0.4, 0.5) is 0 Å². The quantitative estimate of drug-likeness (QED) is 0.641. The van der Waals surface area contributed by atoms with E-state index in [0.717, 1.165) is 19.7 Å². The molecule has 1 unspecified atom stereocenters. The summed E-state index contributed by atoms with van der Waals surface area (Å²) in [4.78, 5) is 0. The first-order chi connectivity index (χ1) is 10.5. The summed E-state index contributed by atoms with van der Waals surface area (Å²) in [5.41, 5.74) is 1.39. The van der Waals surface area contributed by atoms with E-state index < -0.39 is 13.8 Å². The van der Waals surface area contributed by atoms with Crippen molar-refractivity contribution >= 4 is 33.5 Å². The van der Waals surface area contributed by atoms with E-state index in [1.807, 2.05) is 36.4 Å². The molecule has 0 heterocycles. The van der Waals surface area contributed by atoms with Crippen molar-refractivity contribution in [1.29, 1.82) is 0 Å². The van der Waals surface area contributed by atoms with Gasteiger partial charge in [0.25, 0.3) is 0 Å². The van der Waals surface area contributed by atoms with Crippen molar-refractivity contribution < 1.29 is 3.83 Å². The molecule has 0 saturated carbocycles. The van der Waals surface area contributed by atoms with E-state index in [4.69, 9.17) is 0 Å². The molecule has 0 N–H and O–H groups in total. The van der Waals surface area contributed by atoms with Gasteiger partial charge in [-0.15, -0.1) is 0 Å². The molecule has 1 nitrogen and oxygen atoms in total. The van der Waals surface area contributed by atoms with Gasteiger partial charge in [-0.3, -0.25) is 0 Å². The Balaban J connectivity index is 2.03. The summed E-state index contributed by atoms with van der Waals surface area (Å²) in [5, 5.41) is 2.25. The SMILES string of the molecule is CC(C)(C)c1ccc([Se](=O)c2cccc3ccccc23)cc1. The molecular formula is C20H20OSe. The second-order valence-corrected chi connectivity index (χ2v) is 9.56. The Hall–Kier alpha value is -1.76. The van der Waals surface area contributed by atoms with Gasteiger partial charge in [0, 0.05) is 0 Å². The third-order valence-corrected chi connectivity index (χ3v) is 6.94. The molecule has 0 radical (unpaired) electrons. The molecule has 3 aromatic carbocycles. The van der Waals surface area contributed by atoms with Crippen LogP contribution in [0.3, 0.4) is 0 Å². The molecule has 0 fully saturated rings. The van der Waals surface area contributed by atoms with E-state index in [1.165, 1.54) is 5.56 Å². The number of hydrogen-bond donors (Lipinski definition) is 0. The summed E-state index contributed by atoms with van der Waals surface area (Å²) in [5.74, 6) is 0. The molecule has 3 aromatic rings. The van der Waals surface area contributed by atoms with Crippen LogP contribution in [0.1, 0.15) is 26.3 Å². The van der Waals surface area contributed by atoms with Crippen molar-refractivity contribution in [3.63, 3.8) is 0 Å². The predicted octanol–water partition coefficient (Wildman–Crippen LogP) is 3.67. The van der Waals surface area contributed by atoms with Crippen LogP contribution in [0, 0.1) is 0 Å². The van der Waals surface area contributed by atoms with Crippen LogP contribution in [-0.2, 0) is 9.25 Å². The summed E-state index contributed by atoms with van der Waals surface area (Å²) >= 11 is -2.24. The van der Waals surface area contributed by atoms with Crippen molar-refractivity contribution in [2.75, 3.05) is 0 Å². The van der Waals surface area contributed by atoms with Gasteiger partial charge in [0.1, 0.15) is 0 Å². The van der Waals surface area contributed by atoms with Crippen molar-refractivity contribution in [3.8, 4) is 0 Å². The van der Waals surface area contributed by atoms with Gasteiger partial charge < -0.3 is 0 Å². The fourth-order valence-electron chi connectivity index (χ4n) is 2.56. The molecule has 0 bridgehead atoms. The fourth-order valence-corrected chi connectivity index (χ4v) is 5.13. The van der Waals surface area contributed by atoms with E-state index >= 15 is 0 Å². The molecule has 0 aliphatic heterocycles. The van der Waals surface area contributed by atoms with Crippen molar-refractivity contribution in [1.82, 2.24) is 0 Å². The Bertz CT molecular complexity index is 821. The number of rotatable bonds is 2. The maximum absolute atomic E-state index is 13.0. The first kappa shape index (κ1) is 15.1. The van der Waals surface area contributed by atoms with Crippen LogP contribution in [0.15, 0.2) is 66.7 Å². The number of fused-ring (bicyclic) bond motifs is 1. The normalized spacial score (nSPS) is 13.2. The molecule has 0 spiro atoms. The zero-order valence-corrected chi connectivity index (χ0v) is 14.9. The topological polar surface area (TPSA) is 17.1 Å². The molecule has 0 aromatic heterocycles. The van der Waals surface area contributed by atoms with Gasteiger partial charge in [-0.05, 0) is 0 Å². The summed E-state index contributed by atoms with van der Waals surface area (Å²) in [6.45, 7) is 6.58. The van der Waals surface area contributed by atoms with Crippen LogP contribution in [0.2, 0.25) is 0 Å². The Labute approximate surface area is 136 Å². The third-order valence-electron chi connectivity index (χ3n) is 3.88. The van der Waals surface area contributed by atoms with Gasteiger partial charge in [0.15, 0.2) is 0 Å². The van der Waals surface area contributed by atoms with Crippen LogP contribution in [0.25, 0.3) is 10.8 Å². The van der Waals surface area contributed by atoms with Crippen molar-refractivity contribution in [2.24, 2.45) is 0 Å². The molecule has 3 rings (SSSR count). The van der Waals surface area contributed by atoms with E-state index in [-0.39, 0.29) is 5.41 Å². The zero-order chi connectivity index (χ0) is 15.7. The third kappa shape index (κ3) is 2.90. The second kappa shape index (κ2) is 5.79. The first-order valence-corrected chi connectivity index (χ1v) is 9.88. The Morgan fingerprint density at radius 3 is 2.09 bits per heavy atom. The minimum absolute atomic E-state index is 0.121. The van der Waals surface area contributed by atoms with Crippen LogP contribution < -0.4 is 8.92 Å². The Kier molecular flexibility index (Phi) is 3.99. The molecule has 22 heavy (non-hydrogen) atoms. The standard InChI is InChI=1S/C20H20OSe/c1-20(2,3)16-11-13-17(14-12-16)22(21)19-10-6-8-15-7-4-5-9-18(15)19/h4-14H,1-3H3. The van der Waals surface area contributed by atoms with Gasteiger partial charge in [-0.1, -0.05) is 0 Å². The Morgan fingerprint density at radius 1 is 0.773 bits per heavy atom. The molecule has 112 valence electrons. The summed E-state index contributed by atoms with van der Waals surface area (Å²) in [6.07, 6.45) is 0. The molecule has 0 amide bonds. The molecule has 0 saturated heterocycles. The summed E-state index contributed by atoms with van der Waals surface area (Å²) in [7, 11) is 0. The van der Waals surface area contributed by atoms with Gasteiger partial charge in [0.05, 0.1) is 0 Å². The van der Waals surface area contributed by atoms with E-state index in [1.54, 1.807) is 0 Å². The molecule has 2 heteroatoms. The van der Waals surface area contributed by atoms with Crippen molar-refractivity contribution in [2.45, 2.75) is 26.2 Å². The van der Waals surface area contributed by atoms with Crippen molar-refractivity contribution in [3.05, 3.63) is 72.3 Å². The summed E-state index contributed by atoms with van der Waals surface area (Å²) < 4.78 is 15.0. The average Bonchev–Trinajstić information content (AvgIpc) is 2.53. The van der Waals surface area contributed by atoms with Gasteiger partial charge in [-0.2, -0.15) is 0 Å². The monoisotopic (exact) mass is 356 g/mol. The van der Waals surface area contributed by atoms with Crippen LogP contribution in [0.5, 0.6) is 0 Å². The first-order valence-electron chi connectivity index (χ1n) is 7.47. The maximum atomic E-state index is 13.0. The minimum atomic E-state index is -2.24.